The molecule has 0 amide bonds. The minimum atomic E-state index is -0.570. The average Bonchev–Trinajstić information content (AvgIpc) is 3.46. The van der Waals surface area contributed by atoms with Crippen LogP contribution in [0.5, 0.6) is 0 Å². The van der Waals surface area contributed by atoms with Crippen LogP contribution in [0.3, 0.4) is 0 Å². The molecule has 0 saturated carbocycles. The smallest absolute Gasteiger partial charge is 0.344 e. The molecular weight excluding hydrogens is 917 g/mol. The zero-order valence-corrected chi connectivity index (χ0v) is 39.1. The summed E-state index contributed by atoms with van der Waals surface area (Å²) >= 11 is 0. The Labute approximate surface area is 424 Å². The molecule has 0 bridgehead atoms. The van der Waals surface area contributed by atoms with Gasteiger partial charge in [0.1, 0.15) is 11.2 Å². The fourth-order valence-corrected chi connectivity index (χ4v) is 9.25. The molecule has 0 unspecified atom stereocenters. The van der Waals surface area contributed by atoms with E-state index in [2.05, 4.69) is 24.3 Å². The van der Waals surface area contributed by atoms with Crippen molar-refractivity contribution in [3.63, 3.8) is 0 Å². The van der Waals surface area contributed by atoms with Crippen LogP contribution >= 0.6 is 0 Å². The standard InChI is InChI=1S/C64H36N6O4/c65-37-41-11-21-49(22-12-41)69(50-23-13-42(38-66)14-24-50)53-29-19-47-31-59(63(71)73-61(47)33-53)57-36-56(46-9-5-2-6-10-46)58(35-55(57)45-7-3-1-4-8-45)60-32-48-20-30-54(34-62(48)74-64(60)72)70(51-25-15-43(39-67)16-26-51)52-27-17-44(40-68)18-28-52/h1-36H. The Morgan fingerprint density at radius 2 is 0.595 bits per heavy atom. The van der Waals surface area contributed by atoms with E-state index in [9.17, 15) is 30.6 Å². The van der Waals surface area contributed by atoms with Crippen molar-refractivity contribution in [2.24, 2.45) is 0 Å². The van der Waals surface area contributed by atoms with Gasteiger partial charge in [-0.2, -0.15) is 21.0 Å². The van der Waals surface area contributed by atoms with Gasteiger partial charge in [-0.3, -0.25) is 0 Å². The number of fused-ring (bicyclic) bond motifs is 2. The van der Waals surface area contributed by atoms with Crippen molar-refractivity contribution in [3.05, 3.63) is 261 Å². The first-order valence-electron chi connectivity index (χ1n) is 23.4. The molecule has 0 fully saturated rings. The second-order valence-corrected chi connectivity index (χ2v) is 17.3. The van der Waals surface area contributed by atoms with Gasteiger partial charge in [0.2, 0.25) is 0 Å². The highest BCUT2D eigenvalue weighted by atomic mass is 16.4. The van der Waals surface area contributed by atoms with Crippen LogP contribution < -0.4 is 21.1 Å². The maximum absolute atomic E-state index is 14.6. The molecule has 0 saturated heterocycles. The molecule has 0 atom stereocenters. The summed E-state index contributed by atoms with van der Waals surface area (Å²) in [5.74, 6) is 0. The molecule has 11 rings (SSSR count). The van der Waals surface area contributed by atoms with E-state index in [0.29, 0.717) is 88.9 Å². The van der Waals surface area contributed by atoms with Crippen molar-refractivity contribution in [1.82, 2.24) is 0 Å². The van der Waals surface area contributed by atoms with Crippen molar-refractivity contribution in [3.8, 4) is 68.8 Å². The lowest BCUT2D eigenvalue weighted by Gasteiger charge is -2.25. The van der Waals surface area contributed by atoms with Gasteiger partial charge in [-0.25, -0.2) is 9.59 Å². The van der Waals surface area contributed by atoms with E-state index >= 15 is 0 Å². The second-order valence-electron chi connectivity index (χ2n) is 17.3. The number of rotatable bonds is 10. The van der Waals surface area contributed by atoms with E-state index < -0.39 is 11.3 Å². The molecule has 0 aliphatic heterocycles. The zero-order valence-electron chi connectivity index (χ0n) is 39.1. The molecule has 9 aromatic carbocycles. The van der Waals surface area contributed by atoms with E-state index in [4.69, 9.17) is 8.83 Å². The number of hydrogen-bond acceptors (Lipinski definition) is 10. The summed E-state index contributed by atoms with van der Waals surface area (Å²) in [4.78, 5) is 33.0. The molecule has 0 aliphatic rings. The molecule has 10 nitrogen and oxygen atoms in total. The van der Waals surface area contributed by atoms with E-state index in [1.54, 1.807) is 60.7 Å². The Morgan fingerprint density at radius 3 is 0.892 bits per heavy atom. The van der Waals surface area contributed by atoms with Gasteiger partial charge < -0.3 is 18.6 Å². The van der Waals surface area contributed by atoms with Gasteiger partial charge in [0, 0.05) is 57.0 Å². The van der Waals surface area contributed by atoms with Gasteiger partial charge in [-0.15, -0.1) is 0 Å². The summed E-state index contributed by atoms with van der Waals surface area (Å²) in [7, 11) is 0. The summed E-state index contributed by atoms with van der Waals surface area (Å²) < 4.78 is 12.5. The van der Waals surface area contributed by atoms with Gasteiger partial charge in [0.05, 0.1) is 57.7 Å². The van der Waals surface area contributed by atoms with Crippen LogP contribution in [0.25, 0.3) is 66.4 Å². The minimum Gasteiger partial charge on any atom is -0.422 e. The highest BCUT2D eigenvalue weighted by molar-refractivity contribution is 5.98. The van der Waals surface area contributed by atoms with Crippen molar-refractivity contribution < 1.29 is 8.83 Å². The predicted molar refractivity (Wildman–Crippen MR) is 288 cm³/mol. The molecule has 2 aromatic heterocycles. The second kappa shape index (κ2) is 19.4. The Hall–Kier alpha value is -11.0. The van der Waals surface area contributed by atoms with Crippen LogP contribution in [0.1, 0.15) is 22.3 Å². The fourth-order valence-electron chi connectivity index (χ4n) is 9.25. The maximum atomic E-state index is 14.6. The predicted octanol–water partition coefficient (Wildman–Crippen LogP) is 15.0. The van der Waals surface area contributed by atoms with Crippen LogP contribution in [0, 0.1) is 45.3 Å². The van der Waals surface area contributed by atoms with Gasteiger partial charge >= 0.3 is 11.3 Å². The lowest BCUT2D eigenvalue weighted by Crippen LogP contribution is -2.11. The average molecular weight is 953 g/mol. The topological polar surface area (TPSA) is 162 Å². The first-order valence-corrected chi connectivity index (χ1v) is 23.4. The van der Waals surface area contributed by atoms with E-state index in [1.807, 2.05) is 168 Å². The van der Waals surface area contributed by atoms with Crippen LogP contribution in [0.2, 0.25) is 0 Å². The summed E-state index contributed by atoms with van der Waals surface area (Å²) in [6.45, 7) is 0. The fraction of sp³-hybridized carbons (Fsp3) is 0. The number of nitrogens with zero attached hydrogens (tertiary/aromatic N) is 6. The molecule has 2 heterocycles. The number of anilines is 6. The molecule has 74 heavy (non-hydrogen) atoms. The number of hydrogen-bond donors (Lipinski definition) is 0. The molecular formula is C64H36N6O4. The van der Waals surface area contributed by atoms with E-state index in [-0.39, 0.29) is 0 Å². The van der Waals surface area contributed by atoms with Gasteiger partial charge in [0.25, 0.3) is 0 Å². The van der Waals surface area contributed by atoms with Gasteiger partial charge in [0.15, 0.2) is 0 Å². The molecule has 0 spiro atoms. The first-order chi connectivity index (χ1) is 36.3. The normalized spacial score (nSPS) is 10.8. The molecule has 346 valence electrons. The Balaban J connectivity index is 1.05. The lowest BCUT2D eigenvalue weighted by atomic mass is 9.86. The first kappa shape index (κ1) is 45.4. The Kier molecular flexibility index (Phi) is 11.9. The maximum Gasteiger partial charge on any atom is 0.344 e. The van der Waals surface area contributed by atoms with E-state index in [0.717, 1.165) is 33.9 Å². The SMILES string of the molecule is N#Cc1ccc(N(c2ccc(C#N)cc2)c2ccc3cc(-c4cc(-c5ccccc5)c(-c5cc6ccc(N(c7ccc(C#N)cc7)c7ccc(C#N)cc7)cc6oc5=O)cc4-c4ccccc4)c(=O)oc3c2)cc1. The van der Waals surface area contributed by atoms with E-state index in [1.165, 1.54) is 0 Å². The van der Waals surface area contributed by atoms with Crippen LogP contribution in [0.15, 0.2) is 237 Å². The highest BCUT2D eigenvalue weighted by Crippen LogP contribution is 2.44. The Morgan fingerprint density at radius 1 is 0.297 bits per heavy atom. The largest absolute Gasteiger partial charge is 0.422 e. The molecule has 0 aliphatic carbocycles. The van der Waals surface area contributed by atoms with Crippen LogP contribution in [0.4, 0.5) is 34.1 Å². The zero-order chi connectivity index (χ0) is 50.7. The summed E-state index contributed by atoms with van der Waals surface area (Å²) in [5, 5.41) is 39.4. The molecule has 0 radical (unpaired) electrons. The number of benzene rings is 9. The van der Waals surface area contributed by atoms with Gasteiger partial charge in [-0.1, -0.05) is 60.7 Å². The lowest BCUT2D eigenvalue weighted by molar-refractivity contribution is 0.563. The molecule has 11 aromatic rings. The van der Waals surface area contributed by atoms with Crippen molar-refractivity contribution >= 4 is 56.1 Å². The molecule has 10 heteroatoms. The summed E-state index contributed by atoms with van der Waals surface area (Å²) in [6, 6.07) is 75.4. The summed E-state index contributed by atoms with van der Waals surface area (Å²) in [5.41, 5.74) is 10.8. The van der Waals surface area contributed by atoms with Gasteiger partial charge in [-0.05, 0) is 179 Å². The van der Waals surface area contributed by atoms with Crippen molar-refractivity contribution in [1.29, 1.82) is 21.0 Å². The third-order valence-electron chi connectivity index (χ3n) is 12.9. The van der Waals surface area contributed by atoms with Crippen LogP contribution in [-0.2, 0) is 0 Å². The van der Waals surface area contributed by atoms with Crippen molar-refractivity contribution in [2.75, 3.05) is 9.80 Å². The quantitative estimate of drug-likeness (QED) is 0.121. The minimum absolute atomic E-state index is 0.316. The van der Waals surface area contributed by atoms with Crippen molar-refractivity contribution in [2.45, 2.75) is 0 Å². The number of nitriles is 4. The van der Waals surface area contributed by atoms with Crippen LogP contribution in [-0.4, -0.2) is 0 Å². The monoisotopic (exact) mass is 952 g/mol. The highest BCUT2D eigenvalue weighted by Gasteiger charge is 2.23. The third kappa shape index (κ3) is 8.67. The Bertz CT molecular complexity index is 3860. The molecule has 0 N–H and O–H groups in total. The third-order valence-corrected chi connectivity index (χ3v) is 12.9. The summed E-state index contributed by atoms with van der Waals surface area (Å²) in [6.07, 6.45) is 0.